The van der Waals surface area contributed by atoms with Crippen LogP contribution in [0.1, 0.15) is 52.5 Å². The first kappa shape index (κ1) is 18.5. The number of hydrogen-bond acceptors (Lipinski definition) is 2. The summed E-state index contributed by atoms with van der Waals surface area (Å²) in [4.78, 5) is 0. The average Bonchev–Trinajstić information content (AvgIpc) is 2.49. The highest BCUT2D eigenvalue weighted by Gasteiger charge is 2.36. The van der Waals surface area contributed by atoms with Crippen LogP contribution >= 0.6 is 0 Å². The summed E-state index contributed by atoms with van der Waals surface area (Å²) in [5, 5.41) is 4.06. The van der Waals surface area contributed by atoms with Gasteiger partial charge in [-0.25, -0.2) is 0 Å². The predicted molar refractivity (Wildman–Crippen MR) is 104 cm³/mol. The zero-order valence-electron chi connectivity index (χ0n) is 15.9. The third-order valence-electron chi connectivity index (χ3n) is 5.84. The maximum absolute atomic E-state index is 6.31. The minimum atomic E-state index is -1.58. The second-order valence-corrected chi connectivity index (χ2v) is 13.5. The molecule has 0 aromatic heterocycles. The Morgan fingerprint density at radius 2 is 1.96 bits per heavy atom. The van der Waals surface area contributed by atoms with Gasteiger partial charge in [-0.15, -0.1) is 0 Å². The van der Waals surface area contributed by atoms with Gasteiger partial charge in [-0.2, -0.15) is 0 Å². The van der Waals surface area contributed by atoms with Crippen molar-refractivity contribution in [2.45, 2.75) is 77.6 Å². The van der Waals surface area contributed by atoms with Gasteiger partial charge in [0.15, 0.2) is 8.32 Å². The van der Waals surface area contributed by atoms with Crippen molar-refractivity contribution in [3.8, 4) is 0 Å². The van der Waals surface area contributed by atoms with Crippen molar-refractivity contribution in [2.24, 2.45) is 5.92 Å². The van der Waals surface area contributed by atoms with Gasteiger partial charge in [-0.05, 0) is 61.4 Å². The van der Waals surface area contributed by atoms with Crippen LogP contribution in [0.15, 0.2) is 24.3 Å². The number of benzene rings is 1. The third kappa shape index (κ3) is 4.83. The second kappa shape index (κ2) is 7.39. The van der Waals surface area contributed by atoms with Gasteiger partial charge in [0.1, 0.15) is 0 Å². The Kier molecular flexibility index (Phi) is 5.96. The summed E-state index contributed by atoms with van der Waals surface area (Å²) in [6.07, 6.45) is 4.88. The summed E-state index contributed by atoms with van der Waals surface area (Å²) in [5.74, 6) is 0.700. The monoisotopic (exact) mass is 333 g/mol. The highest BCUT2D eigenvalue weighted by molar-refractivity contribution is 6.74. The van der Waals surface area contributed by atoms with Crippen molar-refractivity contribution < 1.29 is 4.43 Å². The Morgan fingerprint density at radius 3 is 2.65 bits per heavy atom. The van der Waals surface area contributed by atoms with E-state index in [0.717, 1.165) is 6.61 Å². The summed E-state index contributed by atoms with van der Waals surface area (Å²) in [6.45, 7) is 14.9. The summed E-state index contributed by atoms with van der Waals surface area (Å²) in [7, 11) is -1.58. The first-order valence-corrected chi connectivity index (χ1v) is 12.1. The lowest BCUT2D eigenvalue weighted by Gasteiger charge is -2.36. The summed E-state index contributed by atoms with van der Waals surface area (Å²) in [5.41, 5.74) is 2.81. The molecule has 0 bridgehead atoms. The van der Waals surface area contributed by atoms with Crippen LogP contribution in [0.25, 0.3) is 0 Å². The molecule has 1 aromatic carbocycles. The first-order valence-electron chi connectivity index (χ1n) is 9.19. The Balaban J connectivity index is 1.75. The Morgan fingerprint density at radius 1 is 1.26 bits per heavy atom. The van der Waals surface area contributed by atoms with E-state index in [0.29, 0.717) is 17.0 Å². The van der Waals surface area contributed by atoms with Gasteiger partial charge in [0.2, 0.25) is 0 Å². The lowest BCUT2D eigenvalue weighted by molar-refractivity contribution is 0.264. The zero-order chi connectivity index (χ0) is 17.1. The topological polar surface area (TPSA) is 21.3 Å². The van der Waals surface area contributed by atoms with Crippen molar-refractivity contribution >= 4 is 14.0 Å². The van der Waals surface area contributed by atoms with Gasteiger partial charge >= 0.3 is 0 Å². The molecule has 1 N–H and O–H groups in total. The normalized spacial score (nSPS) is 19.8. The molecule has 2 nitrogen and oxygen atoms in total. The molecule has 0 amide bonds. The van der Waals surface area contributed by atoms with Crippen LogP contribution in [0.2, 0.25) is 18.1 Å². The maximum Gasteiger partial charge on any atom is 0.191 e. The number of nitrogens with one attached hydrogen (secondary N) is 1. The fourth-order valence-corrected chi connectivity index (χ4v) is 4.13. The molecule has 0 unspecified atom stereocenters. The van der Waals surface area contributed by atoms with Crippen LogP contribution in [0, 0.1) is 5.92 Å². The fraction of sp³-hybridized carbons (Fsp3) is 0.700. The molecule has 1 aliphatic heterocycles. The fourth-order valence-electron chi connectivity index (χ4n) is 3.04. The predicted octanol–water partition coefficient (Wildman–Crippen LogP) is 5.85. The largest absolute Gasteiger partial charge is 0.417 e. The molecular weight excluding hydrogens is 298 g/mol. The molecule has 3 heteroatoms. The number of rotatable bonds is 6. The number of fused-ring (bicyclic) bond motifs is 1. The molecule has 0 aliphatic carbocycles. The number of hydrogen-bond donors (Lipinski definition) is 1. The molecule has 2 atom stereocenters. The molecule has 0 saturated carbocycles. The van der Waals surface area contributed by atoms with E-state index in [2.05, 4.69) is 70.4 Å². The Hall–Kier alpha value is -0.803. The van der Waals surface area contributed by atoms with E-state index in [-0.39, 0.29) is 0 Å². The van der Waals surface area contributed by atoms with Gasteiger partial charge < -0.3 is 9.74 Å². The first-order chi connectivity index (χ1) is 10.7. The Labute approximate surface area is 144 Å². The average molecular weight is 334 g/mol. The highest BCUT2D eigenvalue weighted by atomic mass is 28.4. The number of para-hydroxylation sites is 1. The van der Waals surface area contributed by atoms with Gasteiger partial charge in [-0.1, -0.05) is 45.9 Å². The van der Waals surface area contributed by atoms with Crippen LogP contribution in [-0.2, 0) is 10.8 Å². The smallest absolute Gasteiger partial charge is 0.191 e. The molecule has 1 aromatic rings. The summed E-state index contributed by atoms with van der Waals surface area (Å²) >= 11 is 0. The molecule has 0 radical (unpaired) electrons. The van der Waals surface area contributed by atoms with E-state index in [1.54, 1.807) is 0 Å². The van der Waals surface area contributed by atoms with E-state index in [4.69, 9.17) is 4.43 Å². The molecular formula is C20H35NOSi. The van der Waals surface area contributed by atoms with E-state index in [9.17, 15) is 0 Å². The van der Waals surface area contributed by atoms with E-state index >= 15 is 0 Å². The van der Waals surface area contributed by atoms with Crippen molar-refractivity contribution in [1.82, 2.24) is 0 Å². The molecule has 1 aliphatic rings. The molecule has 1 heterocycles. The summed E-state index contributed by atoms with van der Waals surface area (Å²) in [6, 6.07) is 9.34. The van der Waals surface area contributed by atoms with Gasteiger partial charge in [0.05, 0.1) is 0 Å². The van der Waals surface area contributed by atoms with Crippen LogP contribution in [0.4, 0.5) is 5.69 Å². The van der Waals surface area contributed by atoms with E-state index < -0.39 is 8.32 Å². The molecule has 0 fully saturated rings. The molecule has 0 saturated heterocycles. The lowest BCUT2D eigenvalue weighted by atomic mass is 9.88. The van der Waals surface area contributed by atoms with Crippen molar-refractivity contribution in [2.75, 3.05) is 11.9 Å². The van der Waals surface area contributed by atoms with Crippen molar-refractivity contribution in [3.05, 3.63) is 29.8 Å². The van der Waals surface area contributed by atoms with E-state index in [1.165, 1.54) is 36.9 Å². The minimum Gasteiger partial charge on any atom is -0.417 e. The van der Waals surface area contributed by atoms with Crippen LogP contribution in [0.5, 0.6) is 0 Å². The van der Waals surface area contributed by atoms with Crippen LogP contribution < -0.4 is 5.32 Å². The molecule has 0 spiro atoms. The SMILES string of the molecule is C[C@@H](CCCO[Si](C)(C)C(C)(C)C)[C@@H]1CCc2ccccc2N1. The maximum atomic E-state index is 6.31. The standard InChI is InChI=1S/C20H35NOSi/c1-16(10-9-15-22-23(5,6)20(2,3)4)18-14-13-17-11-7-8-12-19(17)21-18/h7-8,11-12,16,18,21H,9-10,13-15H2,1-6H3/t16-,18-/m0/s1. The lowest BCUT2D eigenvalue weighted by Crippen LogP contribution is -2.41. The van der Waals surface area contributed by atoms with E-state index in [1.807, 2.05) is 0 Å². The van der Waals surface area contributed by atoms with Crippen LogP contribution in [-0.4, -0.2) is 21.0 Å². The van der Waals surface area contributed by atoms with Gasteiger partial charge in [0.25, 0.3) is 0 Å². The zero-order valence-corrected chi connectivity index (χ0v) is 16.9. The van der Waals surface area contributed by atoms with Crippen LogP contribution in [0.3, 0.4) is 0 Å². The second-order valence-electron chi connectivity index (χ2n) is 8.67. The number of anilines is 1. The quantitative estimate of drug-likeness (QED) is 0.520. The minimum absolute atomic E-state index is 0.313. The molecule has 130 valence electrons. The summed E-state index contributed by atoms with van der Waals surface area (Å²) < 4.78 is 6.31. The van der Waals surface area contributed by atoms with Gasteiger partial charge in [-0.3, -0.25) is 0 Å². The van der Waals surface area contributed by atoms with Crippen molar-refractivity contribution in [1.29, 1.82) is 0 Å². The molecule has 23 heavy (non-hydrogen) atoms. The van der Waals surface area contributed by atoms with Gasteiger partial charge in [0, 0.05) is 18.3 Å². The Bertz CT molecular complexity index is 507. The highest BCUT2D eigenvalue weighted by Crippen LogP contribution is 2.36. The third-order valence-corrected chi connectivity index (χ3v) is 10.4. The number of aryl methyl sites for hydroxylation is 1. The molecule has 2 rings (SSSR count). The van der Waals surface area contributed by atoms with Crippen molar-refractivity contribution in [3.63, 3.8) is 0 Å².